The van der Waals surface area contributed by atoms with Crippen LogP contribution in [0, 0.1) is 13.8 Å². The van der Waals surface area contributed by atoms with Crippen LogP contribution in [0.25, 0.3) is 0 Å². The number of hydrogen-bond acceptors (Lipinski definition) is 3. The van der Waals surface area contributed by atoms with Gasteiger partial charge in [0, 0.05) is 31.0 Å². The van der Waals surface area contributed by atoms with Gasteiger partial charge in [-0.25, -0.2) is 0 Å². The van der Waals surface area contributed by atoms with E-state index in [1.807, 2.05) is 45.0 Å². The van der Waals surface area contributed by atoms with Gasteiger partial charge in [0.05, 0.1) is 11.3 Å². The van der Waals surface area contributed by atoms with Crippen molar-refractivity contribution in [1.82, 2.24) is 14.7 Å². The normalized spacial score (nSPS) is 17.7. The first-order valence-electron chi connectivity index (χ1n) is 9.12. The number of aryl methyl sites for hydroxylation is 3. The Morgan fingerprint density at radius 2 is 2.08 bits per heavy atom. The smallest absolute Gasteiger partial charge is 0.258 e. The standard InChI is InChI=1S/C20H26N4O2/c1-5-9-22-12-18(16(4)21-22)20(26)23-13-19(25)24(11-15(23)3)17-8-6-7-14(2)10-17/h6-8,10,12,15H,5,9,11,13H2,1-4H3/t15-/m1/s1. The topological polar surface area (TPSA) is 58.4 Å². The molecular weight excluding hydrogens is 328 g/mol. The molecule has 6 nitrogen and oxygen atoms in total. The van der Waals surface area contributed by atoms with Gasteiger partial charge in [-0.05, 0) is 44.9 Å². The summed E-state index contributed by atoms with van der Waals surface area (Å²) < 4.78 is 1.80. The summed E-state index contributed by atoms with van der Waals surface area (Å²) in [6.07, 6.45) is 2.75. The SMILES string of the molecule is CCCn1cc(C(=O)N2CC(=O)N(c3cccc(C)c3)C[C@H]2C)c(C)n1. The fourth-order valence-corrected chi connectivity index (χ4v) is 3.39. The molecule has 0 N–H and O–H groups in total. The Bertz CT molecular complexity index is 827. The van der Waals surface area contributed by atoms with E-state index in [1.54, 1.807) is 20.7 Å². The molecule has 1 saturated heterocycles. The maximum Gasteiger partial charge on any atom is 0.258 e. The van der Waals surface area contributed by atoms with Crippen LogP contribution in [0.3, 0.4) is 0 Å². The number of carbonyl (C=O) groups is 2. The summed E-state index contributed by atoms with van der Waals surface area (Å²) in [5.74, 6) is -0.171. The highest BCUT2D eigenvalue weighted by molar-refractivity contribution is 6.02. The number of piperazine rings is 1. The van der Waals surface area contributed by atoms with Crippen molar-refractivity contribution in [2.45, 2.75) is 46.7 Å². The van der Waals surface area contributed by atoms with Gasteiger partial charge >= 0.3 is 0 Å². The molecular formula is C20H26N4O2. The van der Waals surface area contributed by atoms with E-state index >= 15 is 0 Å². The fraction of sp³-hybridized carbons (Fsp3) is 0.450. The second kappa shape index (κ2) is 7.32. The van der Waals surface area contributed by atoms with E-state index in [0.29, 0.717) is 17.8 Å². The number of benzene rings is 1. The first kappa shape index (κ1) is 18.2. The maximum absolute atomic E-state index is 13.0. The molecule has 0 spiro atoms. The number of anilines is 1. The average molecular weight is 354 g/mol. The highest BCUT2D eigenvalue weighted by atomic mass is 16.2. The van der Waals surface area contributed by atoms with Gasteiger partial charge < -0.3 is 9.80 Å². The number of hydrogen-bond donors (Lipinski definition) is 0. The molecule has 1 aliphatic heterocycles. The van der Waals surface area contributed by atoms with E-state index < -0.39 is 0 Å². The lowest BCUT2D eigenvalue weighted by atomic mass is 10.1. The van der Waals surface area contributed by atoms with Crippen LogP contribution in [-0.4, -0.2) is 45.6 Å². The molecule has 3 rings (SSSR count). The summed E-state index contributed by atoms with van der Waals surface area (Å²) in [5, 5.41) is 4.41. The van der Waals surface area contributed by atoms with Gasteiger partial charge in [-0.2, -0.15) is 5.10 Å². The van der Waals surface area contributed by atoms with Gasteiger partial charge in [-0.1, -0.05) is 19.1 Å². The van der Waals surface area contributed by atoms with Crippen molar-refractivity contribution in [2.75, 3.05) is 18.0 Å². The van der Waals surface area contributed by atoms with Gasteiger partial charge in [0.25, 0.3) is 5.91 Å². The monoisotopic (exact) mass is 354 g/mol. The van der Waals surface area contributed by atoms with Gasteiger partial charge in [0.15, 0.2) is 0 Å². The molecule has 26 heavy (non-hydrogen) atoms. The van der Waals surface area contributed by atoms with Crippen LogP contribution >= 0.6 is 0 Å². The Morgan fingerprint density at radius 1 is 1.31 bits per heavy atom. The minimum Gasteiger partial charge on any atom is -0.325 e. The van der Waals surface area contributed by atoms with E-state index in [4.69, 9.17) is 0 Å². The van der Waals surface area contributed by atoms with Crippen molar-refractivity contribution in [3.8, 4) is 0 Å². The summed E-state index contributed by atoms with van der Waals surface area (Å²) in [5.41, 5.74) is 3.30. The number of aromatic nitrogens is 2. The summed E-state index contributed by atoms with van der Waals surface area (Å²) in [7, 11) is 0. The minimum absolute atomic E-state index is 0.0550. The Morgan fingerprint density at radius 3 is 2.77 bits per heavy atom. The Kier molecular flexibility index (Phi) is 5.11. The van der Waals surface area contributed by atoms with Crippen molar-refractivity contribution in [3.63, 3.8) is 0 Å². The molecule has 1 atom stereocenters. The molecule has 0 radical (unpaired) electrons. The van der Waals surface area contributed by atoms with Crippen LogP contribution in [0.2, 0.25) is 0 Å². The van der Waals surface area contributed by atoms with Crippen LogP contribution in [0.1, 0.15) is 41.9 Å². The number of rotatable bonds is 4. The third-order valence-corrected chi connectivity index (χ3v) is 4.79. The first-order valence-corrected chi connectivity index (χ1v) is 9.12. The molecule has 1 fully saturated rings. The molecule has 2 amide bonds. The summed E-state index contributed by atoms with van der Waals surface area (Å²) in [6, 6.07) is 7.84. The Labute approximate surface area is 154 Å². The van der Waals surface area contributed by atoms with E-state index in [9.17, 15) is 9.59 Å². The number of nitrogens with zero attached hydrogens (tertiary/aromatic N) is 4. The molecule has 2 heterocycles. The molecule has 1 aromatic carbocycles. The molecule has 1 aromatic heterocycles. The van der Waals surface area contributed by atoms with Gasteiger partial charge in [-0.3, -0.25) is 14.3 Å². The van der Waals surface area contributed by atoms with Gasteiger partial charge in [0.1, 0.15) is 6.54 Å². The van der Waals surface area contributed by atoms with Gasteiger partial charge in [-0.15, -0.1) is 0 Å². The predicted molar refractivity (Wildman–Crippen MR) is 101 cm³/mol. The Balaban J connectivity index is 1.79. The van der Waals surface area contributed by atoms with E-state index in [1.165, 1.54) is 0 Å². The highest BCUT2D eigenvalue weighted by Crippen LogP contribution is 2.23. The lowest BCUT2D eigenvalue weighted by molar-refractivity contribution is -0.121. The average Bonchev–Trinajstić information content (AvgIpc) is 2.96. The minimum atomic E-state index is -0.116. The third-order valence-electron chi connectivity index (χ3n) is 4.79. The second-order valence-corrected chi connectivity index (χ2v) is 7.02. The molecule has 6 heteroatoms. The molecule has 0 aliphatic carbocycles. The van der Waals surface area contributed by atoms with Crippen molar-refractivity contribution < 1.29 is 9.59 Å². The third kappa shape index (κ3) is 3.49. The zero-order chi connectivity index (χ0) is 18.8. The molecule has 138 valence electrons. The fourth-order valence-electron chi connectivity index (χ4n) is 3.39. The van der Waals surface area contributed by atoms with E-state index in [-0.39, 0.29) is 24.4 Å². The number of carbonyl (C=O) groups excluding carboxylic acids is 2. The maximum atomic E-state index is 13.0. The Hall–Kier alpha value is -2.63. The van der Waals surface area contributed by atoms with Crippen molar-refractivity contribution >= 4 is 17.5 Å². The summed E-state index contributed by atoms with van der Waals surface area (Å²) >= 11 is 0. The lowest BCUT2D eigenvalue weighted by Gasteiger charge is -2.39. The lowest BCUT2D eigenvalue weighted by Crippen LogP contribution is -2.57. The molecule has 0 bridgehead atoms. The van der Waals surface area contributed by atoms with Crippen LogP contribution in [0.5, 0.6) is 0 Å². The van der Waals surface area contributed by atoms with Crippen LogP contribution in [0.4, 0.5) is 5.69 Å². The van der Waals surface area contributed by atoms with Crippen molar-refractivity contribution in [2.24, 2.45) is 0 Å². The van der Waals surface area contributed by atoms with Crippen molar-refractivity contribution in [1.29, 1.82) is 0 Å². The molecule has 0 saturated carbocycles. The zero-order valence-electron chi connectivity index (χ0n) is 15.9. The first-order chi connectivity index (χ1) is 12.4. The highest BCUT2D eigenvalue weighted by Gasteiger charge is 2.34. The zero-order valence-corrected chi connectivity index (χ0v) is 15.9. The van der Waals surface area contributed by atoms with Gasteiger partial charge in [0.2, 0.25) is 5.91 Å². The molecule has 1 aliphatic rings. The summed E-state index contributed by atoms with van der Waals surface area (Å²) in [6.45, 7) is 9.28. The van der Waals surface area contributed by atoms with E-state index in [2.05, 4.69) is 12.0 Å². The summed E-state index contributed by atoms with van der Waals surface area (Å²) in [4.78, 5) is 29.1. The molecule has 0 unspecified atom stereocenters. The second-order valence-electron chi connectivity index (χ2n) is 7.02. The quantitative estimate of drug-likeness (QED) is 0.848. The predicted octanol–water partition coefficient (Wildman–Crippen LogP) is 2.79. The van der Waals surface area contributed by atoms with Crippen molar-refractivity contribution in [3.05, 3.63) is 47.3 Å². The van der Waals surface area contributed by atoms with Crippen LogP contribution in [-0.2, 0) is 11.3 Å². The van der Waals surface area contributed by atoms with Crippen LogP contribution in [0.15, 0.2) is 30.5 Å². The number of amides is 2. The molecule has 2 aromatic rings. The van der Waals surface area contributed by atoms with Crippen LogP contribution < -0.4 is 4.90 Å². The van der Waals surface area contributed by atoms with E-state index in [0.717, 1.165) is 24.2 Å². The largest absolute Gasteiger partial charge is 0.325 e.